The Morgan fingerprint density at radius 2 is 2.12 bits per heavy atom. The Labute approximate surface area is 150 Å². The molecule has 7 heteroatoms. The highest BCUT2D eigenvalue weighted by atomic mass is 35.5. The first kappa shape index (κ1) is 17.1. The van der Waals surface area contributed by atoms with E-state index in [1.807, 2.05) is 31.3 Å². The van der Waals surface area contributed by atoms with Crippen molar-refractivity contribution in [3.63, 3.8) is 0 Å². The number of hydrogen-bond donors (Lipinski definition) is 1. The van der Waals surface area contributed by atoms with E-state index in [0.717, 1.165) is 12.2 Å². The van der Waals surface area contributed by atoms with Gasteiger partial charge < -0.3 is 14.5 Å². The smallest absolute Gasteiger partial charge is 0.287 e. The van der Waals surface area contributed by atoms with Crippen LogP contribution in [-0.4, -0.2) is 15.7 Å². The van der Waals surface area contributed by atoms with Gasteiger partial charge in [-0.05, 0) is 37.3 Å². The zero-order valence-electron chi connectivity index (χ0n) is 13.7. The van der Waals surface area contributed by atoms with Crippen molar-refractivity contribution in [3.8, 4) is 5.75 Å². The van der Waals surface area contributed by atoms with E-state index in [1.165, 1.54) is 0 Å². The van der Waals surface area contributed by atoms with Crippen molar-refractivity contribution in [3.05, 3.63) is 70.9 Å². The molecule has 0 aliphatic carbocycles. The monoisotopic (exact) mass is 359 g/mol. The molecule has 0 aliphatic rings. The van der Waals surface area contributed by atoms with E-state index < -0.39 is 0 Å². The van der Waals surface area contributed by atoms with E-state index in [1.54, 1.807) is 28.9 Å². The van der Waals surface area contributed by atoms with E-state index in [0.29, 0.717) is 23.1 Å². The lowest BCUT2D eigenvalue weighted by molar-refractivity contribution is 0.0918. The molecule has 2 heterocycles. The van der Waals surface area contributed by atoms with Crippen molar-refractivity contribution >= 4 is 17.5 Å². The molecule has 1 amide bonds. The Kier molecular flexibility index (Phi) is 5.40. The highest BCUT2D eigenvalue weighted by molar-refractivity contribution is 6.32. The lowest BCUT2D eigenvalue weighted by atomic mass is 10.3. The molecule has 130 valence electrons. The van der Waals surface area contributed by atoms with Crippen LogP contribution in [0, 0.1) is 0 Å². The summed E-state index contributed by atoms with van der Waals surface area (Å²) in [5, 5.41) is 7.61. The van der Waals surface area contributed by atoms with Gasteiger partial charge in [-0.25, -0.2) is 0 Å². The molecule has 0 bridgehead atoms. The topological polar surface area (TPSA) is 69.3 Å². The van der Waals surface area contributed by atoms with Crippen molar-refractivity contribution in [2.24, 2.45) is 0 Å². The predicted octanol–water partition coefficient (Wildman–Crippen LogP) is 3.66. The van der Waals surface area contributed by atoms with Crippen molar-refractivity contribution in [1.82, 2.24) is 15.1 Å². The molecule has 0 radical (unpaired) electrons. The van der Waals surface area contributed by atoms with E-state index in [-0.39, 0.29) is 18.3 Å². The molecule has 3 aromatic rings. The quantitative estimate of drug-likeness (QED) is 0.699. The minimum Gasteiger partial charge on any atom is -0.484 e. The number of amides is 1. The number of aromatic nitrogens is 2. The third-order valence-electron chi connectivity index (χ3n) is 3.54. The number of ether oxygens (including phenoxy) is 1. The number of para-hydroxylation sites is 1. The van der Waals surface area contributed by atoms with Crippen LogP contribution < -0.4 is 10.1 Å². The molecule has 0 saturated carbocycles. The number of hydrogen-bond acceptors (Lipinski definition) is 4. The summed E-state index contributed by atoms with van der Waals surface area (Å²) in [6.07, 6.45) is 1.87. The minimum absolute atomic E-state index is 0.192. The van der Waals surface area contributed by atoms with Crippen LogP contribution in [0.3, 0.4) is 0 Å². The van der Waals surface area contributed by atoms with E-state index in [9.17, 15) is 4.79 Å². The summed E-state index contributed by atoms with van der Waals surface area (Å²) in [5.41, 5.74) is 0.795. The van der Waals surface area contributed by atoms with Gasteiger partial charge in [0.1, 0.15) is 18.1 Å². The number of aryl methyl sites for hydroxylation is 1. The number of halogens is 1. The average molecular weight is 360 g/mol. The fourth-order valence-corrected chi connectivity index (χ4v) is 2.41. The summed E-state index contributed by atoms with van der Waals surface area (Å²) in [7, 11) is 0. The second kappa shape index (κ2) is 7.90. The largest absolute Gasteiger partial charge is 0.484 e. The fourth-order valence-electron chi connectivity index (χ4n) is 2.22. The number of nitrogens with zero attached hydrogens (tertiary/aromatic N) is 2. The van der Waals surface area contributed by atoms with Gasteiger partial charge in [-0.2, -0.15) is 5.10 Å². The Hall–Kier alpha value is -2.73. The van der Waals surface area contributed by atoms with Crippen molar-refractivity contribution < 1.29 is 13.9 Å². The van der Waals surface area contributed by atoms with Crippen LogP contribution >= 0.6 is 11.6 Å². The summed E-state index contributed by atoms with van der Waals surface area (Å²) in [5.74, 6) is 1.04. The van der Waals surface area contributed by atoms with Crippen LogP contribution in [0.15, 0.2) is 53.1 Å². The molecule has 2 aromatic heterocycles. The van der Waals surface area contributed by atoms with Crippen molar-refractivity contribution in [1.29, 1.82) is 0 Å². The van der Waals surface area contributed by atoms with E-state index in [4.69, 9.17) is 20.8 Å². The number of rotatable bonds is 7. The fraction of sp³-hybridized carbons (Fsp3) is 0.222. The van der Waals surface area contributed by atoms with Crippen molar-refractivity contribution in [2.45, 2.75) is 26.6 Å². The number of benzene rings is 1. The van der Waals surface area contributed by atoms with E-state index >= 15 is 0 Å². The zero-order valence-corrected chi connectivity index (χ0v) is 14.5. The SMILES string of the molecule is CCn1ccc(CNC(=O)c2ccc(COc3ccccc3Cl)o2)n1. The molecular formula is C18H18ClN3O3. The van der Waals surface area contributed by atoms with Crippen molar-refractivity contribution in [2.75, 3.05) is 0 Å². The second-order valence-corrected chi connectivity index (χ2v) is 5.74. The third-order valence-corrected chi connectivity index (χ3v) is 3.85. The molecule has 3 rings (SSSR count). The van der Waals surface area contributed by atoms with Gasteiger partial charge in [-0.1, -0.05) is 23.7 Å². The highest BCUT2D eigenvalue weighted by Crippen LogP contribution is 2.24. The van der Waals surface area contributed by atoms with Crippen LogP contribution in [0.2, 0.25) is 5.02 Å². The van der Waals surface area contributed by atoms with Crippen LogP contribution in [0.25, 0.3) is 0 Å². The molecule has 1 aromatic carbocycles. The molecule has 0 atom stereocenters. The standard InChI is InChI=1S/C18H18ClN3O3/c1-2-22-10-9-13(21-22)11-20-18(23)17-8-7-14(25-17)12-24-16-6-4-3-5-15(16)19/h3-10H,2,11-12H2,1H3,(H,20,23). The van der Waals surface area contributed by atoms with Gasteiger partial charge in [0.25, 0.3) is 5.91 Å². The molecule has 0 spiro atoms. The van der Waals surface area contributed by atoms with Crippen LogP contribution in [-0.2, 0) is 19.7 Å². The maximum atomic E-state index is 12.1. The average Bonchev–Trinajstić information content (AvgIpc) is 3.28. The third kappa shape index (κ3) is 4.42. The van der Waals surface area contributed by atoms with Gasteiger partial charge in [-0.3, -0.25) is 9.48 Å². The van der Waals surface area contributed by atoms with Gasteiger partial charge in [0, 0.05) is 12.7 Å². The zero-order chi connectivity index (χ0) is 17.6. The Morgan fingerprint density at radius 1 is 1.28 bits per heavy atom. The van der Waals surface area contributed by atoms with Gasteiger partial charge >= 0.3 is 0 Å². The highest BCUT2D eigenvalue weighted by Gasteiger charge is 2.12. The first-order chi connectivity index (χ1) is 12.2. The van der Waals surface area contributed by atoms with Crippen LogP contribution in [0.1, 0.15) is 28.9 Å². The van der Waals surface area contributed by atoms with Gasteiger partial charge in [-0.15, -0.1) is 0 Å². The summed E-state index contributed by atoms with van der Waals surface area (Å²) < 4.78 is 12.9. The summed E-state index contributed by atoms with van der Waals surface area (Å²) in [4.78, 5) is 12.1. The summed E-state index contributed by atoms with van der Waals surface area (Å²) in [6, 6.07) is 12.4. The van der Waals surface area contributed by atoms with Gasteiger partial charge in [0.2, 0.25) is 0 Å². The molecule has 0 aliphatic heterocycles. The predicted molar refractivity (Wildman–Crippen MR) is 93.6 cm³/mol. The number of nitrogens with one attached hydrogen (secondary N) is 1. The summed E-state index contributed by atoms with van der Waals surface area (Å²) in [6.45, 7) is 3.33. The Balaban J connectivity index is 1.53. The number of carbonyl (C=O) groups excluding carboxylic acids is 1. The normalized spacial score (nSPS) is 10.6. The van der Waals surface area contributed by atoms with Gasteiger partial charge in [0.05, 0.1) is 17.3 Å². The lowest BCUT2D eigenvalue weighted by Gasteiger charge is -2.05. The first-order valence-electron chi connectivity index (χ1n) is 7.92. The molecule has 0 unspecified atom stereocenters. The molecule has 0 fully saturated rings. The minimum atomic E-state index is -0.296. The van der Waals surface area contributed by atoms with Crippen LogP contribution in [0.5, 0.6) is 5.75 Å². The molecule has 6 nitrogen and oxygen atoms in total. The van der Waals surface area contributed by atoms with Crippen LogP contribution in [0.4, 0.5) is 0 Å². The molecular weight excluding hydrogens is 342 g/mol. The maximum absolute atomic E-state index is 12.1. The molecule has 0 saturated heterocycles. The Bertz CT molecular complexity index is 857. The molecule has 25 heavy (non-hydrogen) atoms. The maximum Gasteiger partial charge on any atom is 0.287 e. The summed E-state index contributed by atoms with van der Waals surface area (Å²) >= 11 is 6.03. The molecule has 1 N–H and O–H groups in total. The first-order valence-corrected chi connectivity index (χ1v) is 8.30. The number of furan rings is 1. The Morgan fingerprint density at radius 3 is 2.88 bits per heavy atom. The number of carbonyl (C=O) groups is 1. The van der Waals surface area contributed by atoms with Gasteiger partial charge in [0.15, 0.2) is 5.76 Å². The van der Waals surface area contributed by atoms with E-state index in [2.05, 4.69) is 10.4 Å². The second-order valence-electron chi connectivity index (χ2n) is 5.33. The lowest BCUT2D eigenvalue weighted by Crippen LogP contribution is -2.22.